The number of carboxylic acid groups (broad SMARTS) is 1. The molecule has 6 nitrogen and oxygen atoms in total. The number of hydrogen-bond donors (Lipinski definition) is 3. The van der Waals surface area contributed by atoms with Crippen molar-refractivity contribution in [1.29, 1.82) is 0 Å². The molecule has 0 fully saturated rings. The van der Waals surface area contributed by atoms with E-state index in [-0.39, 0.29) is 5.92 Å². The van der Waals surface area contributed by atoms with Crippen LogP contribution in [0.5, 0.6) is 0 Å². The lowest BCUT2D eigenvalue weighted by molar-refractivity contribution is -0.149. The molecule has 1 unspecified atom stereocenters. The molecule has 0 saturated heterocycles. The van der Waals surface area contributed by atoms with E-state index in [0.717, 1.165) is 5.71 Å². The summed E-state index contributed by atoms with van der Waals surface area (Å²) >= 11 is 0. The maximum Gasteiger partial charge on any atom is 0.332 e. The first-order valence-corrected chi connectivity index (χ1v) is 5.50. The Bertz CT molecular complexity index is 324. The van der Waals surface area contributed by atoms with Crippen molar-refractivity contribution in [2.24, 2.45) is 22.2 Å². The number of primary amides is 1. The number of hydrazone groups is 1. The zero-order chi connectivity index (χ0) is 13.6. The van der Waals surface area contributed by atoms with E-state index in [9.17, 15) is 9.59 Å². The third-order valence-corrected chi connectivity index (χ3v) is 3.08. The van der Waals surface area contributed by atoms with Gasteiger partial charge < -0.3 is 10.8 Å². The molecule has 6 heteroatoms. The number of hydrogen-bond acceptors (Lipinski definition) is 3. The van der Waals surface area contributed by atoms with Gasteiger partial charge in [-0.3, -0.25) is 4.79 Å². The zero-order valence-electron chi connectivity index (χ0n) is 10.8. The van der Waals surface area contributed by atoms with Crippen LogP contribution in [0.1, 0.15) is 40.5 Å². The monoisotopic (exact) mass is 243 g/mol. The Labute approximate surface area is 101 Å². The van der Waals surface area contributed by atoms with Crippen LogP contribution in [-0.4, -0.2) is 22.8 Å². The molecule has 0 rings (SSSR count). The molecular formula is C11H21N3O3. The number of aliphatic carboxylic acids is 1. The second kappa shape index (κ2) is 6.22. The second-order valence-electron chi connectivity index (χ2n) is 4.79. The number of amides is 2. The molecule has 0 saturated carbocycles. The van der Waals surface area contributed by atoms with Gasteiger partial charge in [0, 0.05) is 5.71 Å². The minimum Gasteiger partial charge on any atom is -0.481 e. The predicted octanol–water partition coefficient (Wildman–Crippen LogP) is 1.56. The molecule has 17 heavy (non-hydrogen) atoms. The van der Waals surface area contributed by atoms with Gasteiger partial charge in [-0.2, -0.15) is 5.10 Å². The minimum absolute atomic E-state index is 0.0127. The SMILES string of the molecule is C/C(CCC(C)C(C)(C)C(=O)O)=N\NC(N)=O. The summed E-state index contributed by atoms with van der Waals surface area (Å²) in [6.45, 7) is 7.06. The number of carbonyl (C=O) groups excluding carboxylic acids is 1. The summed E-state index contributed by atoms with van der Waals surface area (Å²) in [4.78, 5) is 21.4. The van der Waals surface area contributed by atoms with Gasteiger partial charge in [0.05, 0.1) is 5.41 Å². The van der Waals surface area contributed by atoms with Crippen molar-refractivity contribution in [3.8, 4) is 0 Å². The molecule has 4 N–H and O–H groups in total. The van der Waals surface area contributed by atoms with Crippen molar-refractivity contribution in [2.45, 2.75) is 40.5 Å². The summed E-state index contributed by atoms with van der Waals surface area (Å²) in [7, 11) is 0. The summed E-state index contributed by atoms with van der Waals surface area (Å²) in [6.07, 6.45) is 1.31. The van der Waals surface area contributed by atoms with E-state index in [1.807, 2.05) is 6.92 Å². The molecule has 98 valence electrons. The van der Waals surface area contributed by atoms with Crippen LogP contribution in [0.2, 0.25) is 0 Å². The fourth-order valence-corrected chi connectivity index (χ4v) is 1.20. The summed E-state index contributed by atoms with van der Waals surface area (Å²) in [5, 5.41) is 12.8. The van der Waals surface area contributed by atoms with Gasteiger partial charge in [0.1, 0.15) is 0 Å². The minimum atomic E-state index is -0.810. The molecule has 0 spiro atoms. The fourth-order valence-electron chi connectivity index (χ4n) is 1.20. The van der Waals surface area contributed by atoms with E-state index in [2.05, 4.69) is 10.5 Å². The van der Waals surface area contributed by atoms with Crippen molar-refractivity contribution in [1.82, 2.24) is 5.43 Å². The molecule has 0 bridgehead atoms. The molecule has 0 aliphatic rings. The normalized spacial score (nSPS) is 14.2. The van der Waals surface area contributed by atoms with Gasteiger partial charge in [-0.1, -0.05) is 6.92 Å². The van der Waals surface area contributed by atoms with Crippen LogP contribution in [-0.2, 0) is 4.79 Å². The van der Waals surface area contributed by atoms with Gasteiger partial charge in [0.15, 0.2) is 0 Å². The van der Waals surface area contributed by atoms with Crippen LogP contribution in [0.4, 0.5) is 4.79 Å². The first kappa shape index (κ1) is 15.4. The highest BCUT2D eigenvalue weighted by atomic mass is 16.4. The van der Waals surface area contributed by atoms with Crippen LogP contribution in [0.25, 0.3) is 0 Å². The lowest BCUT2D eigenvalue weighted by atomic mass is 9.77. The predicted molar refractivity (Wildman–Crippen MR) is 65.6 cm³/mol. The third kappa shape index (κ3) is 5.33. The van der Waals surface area contributed by atoms with E-state index in [1.54, 1.807) is 20.8 Å². The summed E-state index contributed by atoms with van der Waals surface area (Å²) in [5.41, 5.74) is 6.96. The Kier molecular flexibility index (Phi) is 5.64. The van der Waals surface area contributed by atoms with E-state index >= 15 is 0 Å². The Morgan fingerprint density at radius 2 is 2.00 bits per heavy atom. The number of carboxylic acids is 1. The van der Waals surface area contributed by atoms with Crippen LogP contribution >= 0.6 is 0 Å². The highest BCUT2D eigenvalue weighted by Crippen LogP contribution is 2.30. The number of urea groups is 1. The average Bonchev–Trinajstić information content (AvgIpc) is 2.22. The third-order valence-electron chi connectivity index (χ3n) is 3.08. The number of nitrogens with one attached hydrogen (secondary N) is 1. The zero-order valence-corrected chi connectivity index (χ0v) is 10.8. The van der Waals surface area contributed by atoms with E-state index in [1.165, 1.54) is 0 Å². The van der Waals surface area contributed by atoms with Gasteiger partial charge in [0.2, 0.25) is 0 Å². The lowest BCUT2D eigenvalue weighted by Crippen LogP contribution is -2.31. The molecule has 0 aromatic carbocycles. The Morgan fingerprint density at radius 3 is 2.41 bits per heavy atom. The van der Waals surface area contributed by atoms with Crippen LogP contribution in [0, 0.1) is 11.3 Å². The maximum atomic E-state index is 11.0. The van der Waals surface area contributed by atoms with Crippen molar-refractivity contribution in [3.63, 3.8) is 0 Å². The van der Waals surface area contributed by atoms with Gasteiger partial charge >= 0.3 is 12.0 Å². The standard InChI is InChI=1S/C11H21N3O3/c1-7(11(3,4)9(15)16)5-6-8(2)13-14-10(12)17/h7H,5-6H2,1-4H3,(H,15,16)(H3,12,14,17)/b13-8+. The van der Waals surface area contributed by atoms with Crippen molar-refractivity contribution < 1.29 is 14.7 Å². The van der Waals surface area contributed by atoms with Crippen molar-refractivity contribution >= 4 is 17.7 Å². The van der Waals surface area contributed by atoms with Crippen LogP contribution < -0.4 is 11.2 Å². The van der Waals surface area contributed by atoms with Gasteiger partial charge in [-0.05, 0) is 39.5 Å². The average molecular weight is 243 g/mol. The highest BCUT2D eigenvalue weighted by molar-refractivity contribution is 5.83. The van der Waals surface area contributed by atoms with Crippen LogP contribution in [0.3, 0.4) is 0 Å². The molecule has 0 aliphatic heterocycles. The molecule has 0 aliphatic carbocycles. The van der Waals surface area contributed by atoms with Crippen molar-refractivity contribution in [3.05, 3.63) is 0 Å². The summed E-state index contributed by atoms with van der Waals surface area (Å²) < 4.78 is 0. The molecule has 0 radical (unpaired) electrons. The molecule has 0 heterocycles. The number of carbonyl (C=O) groups is 2. The quantitative estimate of drug-likeness (QED) is 0.487. The van der Waals surface area contributed by atoms with Crippen molar-refractivity contribution in [2.75, 3.05) is 0 Å². The fraction of sp³-hybridized carbons (Fsp3) is 0.727. The lowest BCUT2D eigenvalue weighted by Gasteiger charge is -2.27. The largest absolute Gasteiger partial charge is 0.481 e. The number of nitrogens with two attached hydrogens (primary N) is 1. The summed E-state index contributed by atoms with van der Waals surface area (Å²) in [5.74, 6) is -0.798. The molecule has 0 aromatic rings. The van der Waals surface area contributed by atoms with Crippen LogP contribution in [0.15, 0.2) is 5.10 Å². The van der Waals surface area contributed by atoms with Gasteiger partial charge in [-0.15, -0.1) is 0 Å². The number of rotatable bonds is 6. The van der Waals surface area contributed by atoms with Gasteiger partial charge in [-0.25, -0.2) is 10.2 Å². The van der Waals surface area contributed by atoms with Gasteiger partial charge in [0.25, 0.3) is 0 Å². The molecule has 0 aromatic heterocycles. The topological polar surface area (TPSA) is 105 Å². The highest BCUT2D eigenvalue weighted by Gasteiger charge is 2.33. The molecule has 1 atom stereocenters. The van der Waals surface area contributed by atoms with E-state index < -0.39 is 17.4 Å². The Balaban J connectivity index is 4.25. The van der Waals surface area contributed by atoms with E-state index in [0.29, 0.717) is 12.8 Å². The Morgan fingerprint density at radius 1 is 1.47 bits per heavy atom. The second-order valence-corrected chi connectivity index (χ2v) is 4.79. The molecular weight excluding hydrogens is 222 g/mol. The molecule has 2 amide bonds. The summed E-state index contributed by atoms with van der Waals surface area (Å²) in [6, 6.07) is -0.705. The number of nitrogens with zero attached hydrogens (tertiary/aromatic N) is 1. The Hall–Kier alpha value is -1.59. The maximum absolute atomic E-state index is 11.0. The van der Waals surface area contributed by atoms with E-state index in [4.69, 9.17) is 10.8 Å². The first-order valence-electron chi connectivity index (χ1n) is 5.50. The smallest absolute Gasteiger partial charge is 0.332 e. The first-order chi connectivity index (χ1) is 7.67.